The highest BCUT2D eigenvalue weighted by molar-refractivity contribution is 5.37. The summed E-state index contributed by atoms with van der Waals surface area (Å²) >= 11 is 0. The van der Waals surface area contributed by atoms with Crippen molar-refractivity contribution >= 4 is 0 Å². The molecule has 0 bridgehead atoms. The van der Waals surface area contributed by atoms with Crippen molar-refractivity contribution in [1.29, 1.82) is 0 Å². The molecule has 20 heavy (non-hydrogen) atoms. The zero-order chi connectivity index (χ0) is 14.8. The topological polar surface area (TPSA) is 9.23 Å². The van der Waals surface area contributed by atoms with Crippen LogP contribution in [0.4, 0.5) is 13.2 Å². The van der Waals surface area contributed by atoms with Crippen LogP contribution in [0.2, 0.25) is 0 Å². The first-order valence-electron chi connectivity index (χ1n) is 6.21. The number of ether oxygens (including phenoxy) is 1. The van der Waals surface area contributed by atoms with Gasteiger partial charge in [-0.25, -0.2) is 0 Å². The third-order valence-corrected chi connectivity index (χ3v) is 3.03. The number of para-hydroxylation sites is 1. The van der Waals surface area contributed by atoms with Crippen molar-refractivity contribution in [2.24, 2.45) is 0 Å². The first-order chi connectivity index (χ1) is 9.31. The lowest BCUT2D eigenvalue weighted by Crippen LogP contribution is -2.26. The molecule has 0 spiro atoms. The molecule has 0 atom stereocenters. The van der Waals surface area contributed by atoms with Crippen LogP contribution >= 0.6 is 0 Å². The van der Waals surface area contributed by atoms with Crippen LogP contribution in [-0.4, -0.2) is 0 Å². The molecule has 0 aliphatic carbocycles. The van der Waals surface area contributed by atoms with Gasteiger partial charge in [0.15, 0.2) is 0 Å². The fraction of sp³-hybridized carbons (Fsp3) is 0.250. The number of halogens is 3. The molecule has 0 aliphatic rings. The molecular weight excluding hydrogens is 265 g/mol. The Bertz CT molecular complexity index is 574. The average molecular weight is 280 g/mol. The summed E-state index contributed by atoms with van der Waals surface area (Å²) in [5, 5.41) is 0. The Morgan fingerprint density at radius 3 is 1.95 bits per heavy atom. The van der Waals surface area contributed by atoms with Crippen molar-refractivity contribution in [3.63, 3.8) is 0 Å². The molecule has 0 unspecified atom stereocenters. The van der Waals surface area contributed by atoms with Crippen LogP contribution in [0.3, 0.4) is 0 Å². The molecule has 4 heteroatoms. The van der Waals surface area contributed by atoms with Crippen molar-refractivity contribution < 1.29 is 17.9 Å². The molecule has 0 radical (unpaired) electrons. The van der Waals surface area contributed by atoms with Crippen molar-refractivity contribution in [3.8, 4) is 5.75 Å². The number of alkyl halides is 3. The summed E-state index contributed by atoms with van der Waals surface area (Å²) in [6.07, 6.45) is -4.43. The van der Waals surface area contributed by atoms with E-state index in [9.17, 15) is 13.2 Å². The highest BCUT2D eigenvalue weighted by Gasteiger charge is 2.35. The Hall–Kier alpha value is -1.97. The molecular formula is C16H15F3O. The molecule has 0 saturated carbocycles. The van der Waals surface area contributed by atoms with Crippen molar-refractivity contribution in [3.05, 3.63) is 65.7 Å². The normalized spacial score (nSPS) is 12.2. The first-order valence-corrected chi connectivity index (χ1v) is 6.21. The second-order valence-electron chi connectivity index (χ2n) is 4.97. The number of hydrogen-bond acceptors (Lipinski definition) is 1. The standard InChI is InChI=1S/C16H15F3O/c1-15(2,12-8-4-3-5-9-12)20-14-11-7-6-10-13(14)16(17,18)19/h3-11H,1-2H3. The minimum atomic E-state index is -4.43. The summed E-state index contributed by atoms with van der Waals surface area (Å²) in [6.45, 7) is 3.49. The minimum Gasteiger partial charge on any atom is -0.483 e. The zero-order valence-electron chi connectivity index (χ0n) is 11.2. The Kier molecular flexibility index (Phi) is 3.75. The van der Waals surface area contributed by atoms with Gasteiger partial charge in [-0.2, -0.15) is 13.2 Å². The Labute approximate surface area is 116 Å². The van der Waals surface area contributed by atoms with Gasteiger partial charge in [0.05, 0.1) is 5.56 Å². The molecule has 2 aromatic rings. The highest BCUT2D eigenvalue weighted by atomic mass is 19.4. The second kappa shape index (κ2) is 5.19. The largest absolute Gasteiger partial charge is 0.483 e. The lowest BCUT2D eigenvalue weighted by molar-refractivity contribution is -0.139. The van der Waals surface area contributed by atoms with Crippen molar-refractivity contribution in [2.75, 3.05) is 0 Å². The van der Waals surface area contributed by atoms with Gasteiger partial charge in [0, 0.05) is 0 Å². The molecule has 0 N–H and O–H groups in total. The Morgan fingerprint density at radius 1 is 0.800 bits per heavy atom. The second-order valence-corrected chi connectivity index (χ2v) is 4.97. The zero-order valence-corrected chi connectivity index (χ0v) is 11.2. The predicted molar refractivity (Wildman–Crippen MR) is 71.5 cm³/mol. The molecule has 0 amide bonds. The van der Waals surface area contributed by atoms with Gasteiger partial charge in [-0.3, -0.25) is 0 Å². The quantitative estimate of drug-likeness (QED) is 0.767. The first kappa shape index (κ1) is 14.4. The maximum Gasteiger partial charge on any atom is 0.419 e. The SMILES string of the molecule is CC(C)(Oc1ccccc1C(F)(F)F)c1ccccc1. The predicted octanol–water partition coefficient (Wildman–Crippen LogP) is 5.02. The van der Waals surface area contributed by atoms with Crippen LogP contribution in [0, 0.1) is 0 Å². The summed E-state index contributed by atoms with van der Waals surface area (Å²) in [4.78, 5) is 0. The highest BCUT2D eigenvalue weighted by Crippen LogP contribution is 2.38. The van der Waals surface area contributed by atoms with E-state index in [1.165, 1.54) is 18.2 Å². The lowest BCUT2D eigenvalue weighted by atomic mass is 9.98. The van der Waals surface area contributed by atoms with Gasteiger partial charge >= 0.3 is 6.18 Å². The number of rotatable bonds is 3. The minimum absolute atomic E-state index is 0.158. The molecule has 0 aromatic heterocycles. The average Bonchev–Trinajstić information content (AvgIpc) is 2.39. The van der Waals surface area contributed by atoms with E-state index < -0.39 is 17.3 Å². The summed E-state index contributed by atoms with van der Waals surface area (Å²) in [5.74, 6) is -0.158. The van der Waals surface area contributed by atoms with Gasteiger partial charge in [0.25, 0.3) is 0 Å². The summed E-state index contributed by atoms with van der Waals surface area (Å²) < 4.78 is 44.5. The van der Waals surface area contributed by atoms with Gasteiger partial charge in [0.1, 0.15) is 11.4 Å². The van der Waals surface area contributed by atoms with Crippen LogP contribution < -0.4 is 4.74 Å². The van der Waals surface area contributed by atoms with E-state index in [2.05, 4.69) is 0 Å². The summed E-state index contributed by atoms with van der Waals surface area (Å²) in [6, 6.07) is 14.4. The smallest absolute Gasteiger partial charge is 0.419 e. The molecule has 0 heterocycles. The van der Waals surface area contributed by atoms with Crippen LogP contribution in [0.5, 0.6) is 5.75 Å². The third kappa shape index (κ3) is 3.13. The lowest BCUT2D eigenvalue weighted by Gasteiger charge is -2.28. The van der Waals surface area contributed by atoms with E-state index in [4.69, 9.17) is 4.74 Å². The van der Waals surface area contributed by atoms with Crippen LogP contribution in [0.15, 0.2) is 54.6 Å². The van der Waals surface area contributed by atoms with E-state index in [0.29, 0.717) is 0 Å². The molecule has 0 aliphatic heterocycles. The van der Waals surface area contributed by atoms with Crippen LogP contribution in [-0.2, 0) is 11.8 Å². The van der Waals surface area contributed by atoms with E-state index in [-0.39, 0.29) is 5.75 Å². The van der Waals surface area contributed by atoms with Gasteiger partial charge in [-0.15, -0.1) is 0 Å². The molecule has 106 valence electrons. The molecule has 0 fully saturated rings. The van der Waals surface area contributed by atoms with E-state index >= 15 is 0 Å². The number of benzene rings is 2. The van der Waals surface area contributed by atoms with Crippen LogP contribution in [0.25, 0.3) is 0 Å². The molecule has 1 nitrogen and oxygen atoms in total. The Balaban J connectivity index is 2.35. The summed E-state index contributed by atoms with van der Waals surface area (Å²) in [7, 11) is 0. The fourth-order valence-corrected chi connectivity index (χ4v) is 1.96. The van der Waals surface area contributed by atoms with Crippen molar-refractivity contribution in [1.82, 2.24) is 0 Å². The van der Waals surface area contributed by atoms with Crippen molar-refractivity contribution in [2.45, 2.75) is 25.6 Å². The van der Waals surface area contributed by atoms with Gasteiger partial charge in [-0.05, 0) is 31.5 Å². The third-order valence-electron chi connectivity index (χ3n) is 3.03. The summed E-state index contributed by atoms with van der Waals surface area (Å²) in [5.41, 5.74) is -0.788. The monoisotopic (exact) mass is 280 g/mol. The molecule has 2 aromatic carbocycles. The van der Waals surface area contributed by atoms with E-state index in [1.54, 1.807) is 13.8 Å². The van der Waals surface area contributed by atoms with Gasteiger partial charge in [-0.1, -0.05) is 42.5 Å². The van der Waals surface area contributed by atoms with E-state index in [0.717, 1.165) is 11.6 Å². The van der Waals surface area contributed by atoms with Gasteiger partial charge < -0.3 is 4.74 Å². The van der Waals surface area contributed by atoms with Crippen LogP contribution in [0.1, 0.15) is 25.0 Å². The fourth-order valence-electron chi connectivity index (χ4n) is 1.96. The molecule has 2 rings (SSSR count). The number of hydrogen-bond donors (Lipinski definition) is 0. The van der Waals surface area contributed by atoms with Gasteiger partial charge in [0.2, 0.25) is 0 Å². The maximum atomic E-state index is 12.9. The maximum absolute atomic E-state index is 12.9. The Morgan fingerprint density at radius 2 is 1.35 bits per heavy atom. The van der Waals surface area contributed by atoms with E-state index in [1.807, 2.05) is 30.3 Å². The molecule has 0 saturated heterocycles.